The zero-order valence-corrected chi connectivity index (χ0v) is 9.98. The quantitative estimate of drug-likeness (QED) is 0.706. The van der Waals surface area contributed by atoms with Gasteiger partial charge in [-0.05, 0) is 17.2 Å². The van der Waals surface area contributed by atoms with Crippen LogP contribution in [0.3, 0.4) is 0 Å². The predicted molar refractivity (Wildman–Crippen MR) is 66.9 cm³/mol. The number of carbonyl (C=O) groups is 2. The van der Waals surface area contributed by atoms with Crippen LogP contribution in [0.2, 0.25) is 0 Å². The van der Waals surface area contributed by atoms with Crippen molar-refractivity contribution in [3.8, 4) is 0 Å². The highest BCUT2D eigenvalue weighted by molar-refractivity contribution is 6.20. The fourth-order valence-corrected chi connectivity index (χ4v) is 2.39. The number of amides is 2. The van der Waals surface area contributed by atoms with Gasteiger partial charge < -0.3 is 11.1 Å². The minimum absolute atomic E-state index is 0.0610. The zero-order valence-electron chi connectivity index (χ0n) is 9.98. The van der Waals surface area contributed by atoms with E-state index in [1.54, 1.807) is 0 Å². The number of anilines is 1. The molecule has 3 N–H and O–H groups in total. The standard InChI is InChI=1S/C13H15N3O2/c14-5-8-1-2-11-9(3-8)4-12(17)16(11)13(18)10-6-15-7-10/h1-3,10,15H,4-7,14H2. The van der Waals surface area contributed by atoms with Crippen LogP contribution >= 0.6 is 0 Å². The molecule has 0 atom stereocenters. The lowest BCUT2D eigenvalue weighted by molar-refractivity contribution is -0.129. The van der Waals surface area contributed by atoms with E-state index < -0.39 is 0 Å². The van der Waals surface area contributed by atoms with Crippen molar-refractivity contribution in [1.29, 1.82) is 0 Å². The maximum Gasteiger partial charge on any atom is 0.239 e. The number of hydrogen-bond acceptors (Lipinski definition) is 4. The molecule has 2 aliphatic heterocycles. The molecule has 0 saturated carbocycles. The molecule has 0 unspecified atom stereocenters. The average Bonchev–Trinajstić information content (AvgIpc) is 2.61. The van der Waals surface area contributed by atoms with E-state index in [1.165, 1.54) is 4.90 Å². The summed E-state index contributed by atoms with van der Waals surface area (Å²) in [6.45, 7) is 1.78. The van der Waals surface area contributed by atoms with E-state index in [2.05, 4.69) is 5.32 Å². The van der Waals surface area contributed by atoms with Crippen molar-refractivity contribution in [2.45, 2.75) is 13.0 Å². The van der Waals surface area contributed by atoms with E-state index >= 15 is 0 Å². The lowest BCUT2D eigenvalue weighted by atomic mass is 10.0. The number of imide groups is 1. The summed E-state index contributed by atoms with van der Waals surface area (Å²) in [5.74, 6) is -0.275. The van der Waals surface area contributed by atoms with Gasteiger partial charge in [0.05, 0.1) is 18.0 Å². The Hall–Kier alpha value is -1.72. The van der Waals surface area contributed by atoms with Crippen molar-refractivity contribution >= 4 is 17.5 Å². The van der Waals surface area contributed by atoms with Crippen LogP contribution < -0.4 is 16.0 Å². The Bertz CT molecular complexity index is 523. The topological polar surface area (TPSA) is 75.4 Å². The Balaban J connectivity index is 1.93. The Kier molecular flexibility index (Phi) is 2.65. The molecule has 2 heterocycles. The lowest BCUT2D eigenvalue weighted by Gasteiger charge is -2.29. The minimum Gasteiger partial charge on any atom is -0.326 e. The molecule has 0 radical (unpaired) electrons. The summed E-state index contributed by atoms with van der Waals surface area (Å²) < 4.78 is 0. The maximum absolute atomic E-state index is 12.2. The molecule has 0 aromatic heterocycles. The number of benzene rings is 1. The highest BCUT2D eigenvalue weighted by Gasteiger charge is 2.38. The minimum atomic E-state index is -0.129. The van der Waals surface area contributed by atoms with Crippen molar-refractivity contribution < 1.29 is 9.59 Å². The first-order valence-electron chi connectivity index (χ1n) is 6.10. The second-order valence-electron chi connectivity index (χ2n) is 4.77. The van der Waals surface area contributed by atoms with Gasteiger partial charge in [-0.25, -0.2) is 4.90 Å². The molecule has 1 saturated heterocycles. The summed E-state index contributed by atoms with van der Waals surface area (Å²) in [5, 5.41) is 3.05. The number of fused-ring (bicyclic) bond motifs is 1. The molecule has 94 valence electrons. The number of nitrogens with two attached hydrogens (primary N) is 1. The molecular formula is C13H15N3O2. The van der Waals surface area contributed by atoms with Gasteiger partial charge in [0.25, 0.3) is 0 Å². The van der Waals surface area contributed by atoms with Crippen LogP contribution in [-0.2, 0) is 22.6 Å². The molecule has 1 aromatic rings. The van der Waals surface area contributed by atoms with Gasteiger partial charge in [0, 0.05) is 19.6 Å². The first kappa shape index (κ1) is 11.4. The monoisotopic (exact) mass is 245 g/mol. The fourth-order valence-electron chi connectivity index (χ4n) is 2.39. The van der Waals surface area contributed by atoms with Crippen LogP contribution in [-0.4, -0.2) is 24.9 Å². The SMILES string of the molecule is NCc1ccc2c(c1)CC(=O)N2C(=O)C1CNC1. The molecule has 1 fully saturated rings. The average molecular weight is 245 g/mol. The smallest absolute Gasteiger partial charge is 0.239 e. The van der Waals surface area contributed by atoms with Crippen LogP contribution in [0.5, 0.6) is 0 Å². The molecule has 0 bridgehead atoms. The van der Waals surface area contributed by atoms with Crippen LogP contribution in [0.25, 0.3) is 0 Å². The van der Waals surface area contributed by atoms with E-state index in [4.69, 9.17) is 5.73 Å². The molecule has 2 amide bonds. The van der Waals surface area contributed by atoms with Crippen LogP contribution in [0.1, 0.15) is 11.1 Å². The van der Waals surface area contributed by atoms with Crippen LogP contribution in [0.4, 0.5) is 5.69 Å². The molecule has 2 aliphatic rings. The highest BCUT2D eigenvalue weighted by Crippen LogP contribution is 2.31. The number of rotatable bonds is 2. The predicted octanol–water partition coefficient (Wildman–Crippen LogP) is -0.220. The summed E-state index contributed by atoms with van der Waals surface area (Å²) in [5.41, 5.74) is 8.20. The van der Waals surface area contributed by atoms with Crippen molar-refractivity contribution in [1.82, 2.24) is 5.32 Å². The third-order valence-electron chi connectivity index (χ3n) is 3.56. The Morgan fingerprint density at radius 2 is 2.22 bits per heavy atom. The van der Waals surface area contributed by atoms with Crippen LogP contribution in [0, 0.1) is 5.92 Å². The van der Waals surface area contributed by atoms with Crippen molar-refractivity contribution in [3.63, 3.8) is 0 Å². The van der Waals surface area contributed by atoms with E-state index in [1.807, 2.05) is 18.2 Å². The van der Waals surface area contributed by atoms with Crippen molar-refractivity contribution in [3.05, 3.63) is 29.3 Å². The van der Waals surface area contributed by atoms with Gasteiger partial charge >= 0.3 is 0 Å². The first-order chi connectivity index (χ1) is 8.70. The zero-order chi connectivity index (χ0) is 12.7. The molecule has 0 aliphatic carbocycles. The summed E-state index contributed by atoms with van der Waals surface area (Å²) in [6, 6.07) is 5.61. The third kappa shape index (κ3) is 1.63. The third-order valence-corrected chi connectivity index (χ3v) is 3.56. The molecule has 5 heteroatoms. The van der Waals surface area contributed by atoms with Gasteiger partial charge in [-0.2, -0.15) is 0 Å². The van der Waals surface area contributed by atoms with E-state index in [0.717, 1.165) is 16.8 Å². The summed E-state index contributed by atoms with van der Waals surface area (Å²) >= 11 is 0. The Morgan fingerprint density at radius 3 is 2.83 bits per heavy atom. The molecular weight excluding hydrogens is 230 g/mol. The maximum atomic E-state index is 12.2. The van der Waals surface area contributed by atoms with E-state index in [9.17, 15) is 9.59 Å². The van der Waals surface area contributed by atoms with Gasteiger partial charge in [0.1, 0.15) is 0 Å². The molecule has 5 nitrogen and oxygen atoms in total. The molecule has 3 rings (SSSR count). The summed E-state index contributed by atoms with van der Waals surface area (Å²) in [4.78, 5) is 25.5. The summed E-state index contributed by atoms with van der Waals surface area (Å²) in [7, 11) is 0. The van der Waals surface area contributed by atoms with Crippen molar-refractivity contribution in [2.24, 2.45) is 11.7 Å². The van der Waals surface area contributed by atoms with Gasteiger partial charge in [-0.3, -0.25) is 9.59 Å². The molecule has 0 spiro atoms. The normalized spacial score (nSPS) is 18.7. The van der Waals surface area contributed by atoms with Gasteiger partial charge in [-0.15, -0.1) is 0 Å². The number of hydrogen-bond donors (Lipinski definition) is 2. The van der Waals surface area contributed by atoms with Gasteiger partial charge in [0.15, 0.2) is 0 Å². The van der Waals surface area contributed by atoms with Gasteiger partial charge in [0.2, 0.25) is 11.8 Å². The Labute approximate surface area is 105 Å². The van der Waals surface area contributed by atoms with Crippen molar-refractivity contribution in [2.75, 3.05) is 18.0 Å². The number of carbonyl (C=O) groups excluding carboxylic acids is 2. The number of nitrogens with one attached hydrogen (secondary N) is 1. The van der Waals surface area contributed by atoms with Crippen LogP contribution in [0.15, 0.2) is 18.2 Å². The second-order valence-corrected chi connectivity index (χ2v) is 4.77. The Morgan fingerprint density at radius 1 is 1.44 bits per heavy atom. The van der Waals surface area contributed by atoms with E-state index in [-0.39, 0.29) is 17.7 Å². The highest BCUT2D eigenvalue weighted by atomic mass is 16.2. The van der Waals surface area contributed by atoms with Gasteiger partial charge in [-0.1, -0.05) is 12.1 Å². The summed E-state index contributed by atoms with van der Waals surface area (Å²) in [6.07, 6.45) is 0.301. The van der Waals surface area contributed by atoms with E-state index in [0.29, 0.717) is 26.1 Å². The lowest BCUT2D eigenvalue weighted by Crippen LogP contribution is -2.52. The second kappa shape index (κ2) is 4.19. The largest absolute Gasteiger partial charge is 0.326 e. The molecule has 1 aromatic carbocycles. The molecule has 18 heavy (non-hydrogen) atoms. The first-order valence-corrected chi connectivity index (χ1v) is 6.10. The fraction of sp³-hybridized carbons (Fsp3) is 0.385. The number of nitrogens with zero attached hydrogens (tertiary/aromatic N) is 1.